The van der Waals surface area contributed by atoms with E-state index in [1.54, 1.807) is 0 Å². The van der Waals surface area contributed by atoms with Crippen LogP contribution < -0.4 is 0 Å². The van der Waals surface area contributed by atoms with E-state index in [0.29, 0.717) is 0 Å². The van der Waals surface area contributed by atoms with Crippen molar-refractivity contribution in [3.8, 4) is 0 Å². The van der Waals surface area contributed by atoms with Crippen molar-refractivity contribution in [1.29, 1.82) is 0 Å². The molecule has 3 heteroatoms. The number of carbonyl (C=O) groups excluding carboxylic acids is 2. The Morgan fingerprint density at radius 1 is 1.11 bits per heavy atom. The van der Waals surface area contributed by atoms with E-state index in [4.69, 9.17) is 0 Å². The van der Waals surface area contributed by atoms with Gasteiger partial charge in [-0.15, -0.1) is 0 Å². The van der Waals surface area contributed by atoms with Crippen molar-refractivity contribution < 1.29 is 9.59 Å². The van der Waals surface area contributed by atoms with Crippen LogP contribution in [0.5, 0.6) is 0 Å². The van der Waals surface area contributed by atoms with E-state index in [1.165, 1.54) is 6.92 Å². The van der Waals surface area contributed by atoms with Crippen LogP contribution in [0.1, 0.15) is 6.92 Å². The Bertz CT molecular complexity index is 144. The van der Waals surface area contributed by atoms with Crippen LogP contribution in [0.3, 0.4) is 0 Å². The van der Waals surface area contributed by atoms with Gasteiger partial charge in [-0.3, -0.25) is 9.59 Å². The standard InChI is InChI=1S/C6H12O2Si/c1-5(7)6(8)9(2,3)4/h1-4H3. The molecule has 0 unspecified atom stereocenters. The maximum absolute atomic E-state index is 10.9. The fourth-order valence-electron chi connectivity index (χ4n) is 0.528. The molecule has 0 atom stereocenters. The topological polar surface area (TPSA) is 34.1 Å². The summed E-state index contributed by atoms with van der Waals surface area (Å²) in [6, 6.07) is 0. The second-order valence-corrected chi connectivity index (χ2v) is 8.09. The van der Waals surface area contributed by atoms with E-state index in [2.05, 4.69) is 0 Å². The van der Waals surface area contributed by atoms with Crippen LogP contribution in [0.25, 0.3) is 0 Å². The zero-order valence-electron chi connectivity index (χ0n) is 6.32. The van der Waals surface area contributed by atoms with Crippen molar-refractivity contribution in [2.75, 3.05) is 0 Å². The number of hydrogen-bond acceptors (Lipinski definition) is 2. The van der Waals surface area contributed by atoms with Crippen molar-refractivity contribution in [1.82, 2.24) is 0 Å². The molecule has 52 valence electrons. The van der Waals surface area contributed by atoms with E-state index in [9.17, 15) is 9.59 Å². The van der Waals surface area contributed by atoms with Crippen LogP contribution in [0.4, 0.5) is 0 Å². The van der Waals surface area contributed by atoms with Crippen molar-refractivity contribution >= 4 is 19.3 Å². The third-order valence-corrected chi connectivity index (χ3v) is 2.72. The molecular formula is C6H12O2Si. The number of carbonyl (C=O) groups is 2. The first-order chi connectivity index (χ1) is 3.85. The van der Waals surface area contributed by atoms with Gasteiger partial charge in [0.1, 0.15) is 8.07 Å². The van der Waals surface area contributed by atoms with Gasteiger partial charge in [0.25, 0.3) is 0 Å². The molecule has 0 aromatic rings. The highest BCUT2D eigenvalue weighted by Gasteiger charge is 2.27. The predicted molar refractivity (Wildman–Crippen MR) is 39.0 cm³/mol. The van der Waals surface area contributed by atoms with Gasteiger partial charge in [0.2, 0.25) is 0 Å². The third kappa shape index (κ3) is 2.55. The monoisotopic (exact) mass is 144 g/mol. The molecule has 0 aliphatic rings. The Labute approximate surface area is 56.3 Å². The molecule has 0 aromatic carbocycles. The lowest BCUT2D eigenvalue weighted by Gasteiger charge is -2.09. The highest BCUT2D eigenvalue weighted by atomic mass is 28.3. The molecule has 9 heavy (non-hydrogen) atoms. The summed E-state index contributed by atoms with van der Waals surface area (Å²) in [6.07, 6.45) is 0. The van der Waals surface area contributed by atoms with Gasteiger partial charge in [0, 0.05) is 6.92 Å². The molecule has 0 radical (unpaired) electrons. The molecule has 0 heterocycles. The largest absolute Gasteiger partial charge is 0.297 e. The van der Waals surface area contributed by atoms with Gasteiger partial charge in [-0.2, -0.15) is 0 Å². The van der Waals surface area contributed by atoms with Crippen LogP contribution >= 0.6 is 0 Å². The number of hydrogen-bond donors (Lipinski definition) is 0. The van der Waals surface area contributed by atoms with Crippen LogP contribution in [0.15, 0.2) is 0 Å². The molecule has 0 N–H and O–H groups in total. The fourth-order valence-corrected chi connectivity index (χ4v) is 1.58. The van der Waals surface area contributed by atoms with Gasteiger partial charge < -0.3 is 0 Å². The summed E-state index contributed by atoms with van der Waals surface area (Å²) in [6.45, 7) is 6.95. The van der Waals surface area contributed by atoms with Gasteiger partial charge in [0.15, 0.2) is 11.2 Å². The third-order valence-electron chi connectivity index (χ3n) is 1.00. The first-order valence-corrected chi connectivity index (χ1v) is 6.41. The normalized spacial score (nSPS) is 11.1. The van der Waals surface area contributed by atoms with Crippen molar-refractivity contribution in [3.05, 3.63) is 0 Å². The maximum Gasteiger partial charge on any atom is 0.190 e. The lowest BCUT2D eigenvalue weighted by molar-refractivity contribution is -0.131. The highest BCUT2D eigenvalue weighted by Crippen LogP contribution is 2.01. The van der Waals surface area contributed by atoms with Crippen molar-refractivity contribution in [2.45, 2.75) is 26.6 Å². The average Bonchev–Trinajstić information content (AvgIpc) is 1.62. The zero-order chi connectivity index (χ0) is 7.65. The smallest absolute Gasteiger partial charge is 0.190 e. The molecule has 0 aromatic heterocycles. The van der Waals surface area contributed by atoms with Crippen LogP contribution in [-0.2, 0) is 9.59 Å². The van der Waals surface area contributed by atoms with Crippen molar-refractivity contribution in [3.63, 3.8) is 0 Å². The number of ketones is 1. The first-order valence-electron chi connectivity index (χ1n) is 2.91. The Morgan fingerprint density at radius 2 is 1.44 bits per heavy atom. The van der Waals surface area contributed by atoms with Crippen LogP contribution in [-0.4, -0.2) is 19.3 Å². The summed E-state index contributed by atoms with van der Waals surface area (Å²) in [5.74, 6) is -0.297. The van der Waals surface area contributed by atoms with Crippen LogP contribution in [0, 0.1) is 0 Å². The molecule has 0 bridgehead atoms. The Balaban J connectivity index is 4.23. The summed E-state index contributed by atoms with van der Waals surface area (Å²) in [7, 11) is -1.81. The molecule has 0 rings (SSSR count). The quantitative estimate of drug-likeness (QED) is 0.428. The van der Waals surface area contributed by atoms with E-state index >= 15 is 0 Å². The van der Waals surface area contributed by atoms with Gasteiger partial charge in [0.05, 0.1) is 0 Å². The second kappa shape index (κ2) is 2.43. The minimum absolute atomic E-state index is 0.164. The summed E-state index contributed by atoms with van der Waals surface area (Å²) < 4.78 is 0. The molecule has 0 aliphatic carbocycles. The molecule has 0 spiro atoms. The molecule has 0 amide bonds. The Kier molecular flexibility index (Phi) is 2.31. The maximum atomic E-state index is 10.9. The minimum atomic E-state index is -1.81. The van der Waals surface area contributed by atoms with E-state index in [1.807, 2.05) is 19.6 Å². The van der Waals surface area contributed by atoms with E-state index in [-0.39, 0.29) is 11.2 Å². The summed E-state index contributed by atoms with van der Waals surface area (Å²) in [5.41, 5.74) is 0. The predicted octanol–water partition coefficient (Wildman–Crippen LogP) is 1.02. The first kappa shape index (κ1) is 8.56. The van der Waals surface area contributed by atoms with Gasteiger partial charge in [-0.1, -0.05) is 19.6 Å². The van der Waals surface area contributed by atoms with Gasteiger partial charge in [-0.25, -0.2) is 0 Å². The molecular weight excluding hydrogens is 132 g/mol. The lowest BCUT2D eigenvalue weighted by atomic mass is 10.5. The average molecular weight is 144 g/mol. The number of rotatable bonds is 2. The van der Waals surface area contributed by atoms with Gasteiger partial charge >= 0.3 is 0 Å². The van der Waals surface area contributed by atoms with Gasteiger partial charge in [-0.05, 0) is 0 Å². The molecule has 0 fully saturated rings. The number of Topliss-reactive ketones (excluding diaryl/α,β-unsaturated/α-hetero) is 1. The molecule has 0 aliphatic heterocycles. The van der Waals surface area contributed by atoms with E-state index < -0.39 is 8.07 Å². The summed E-state index contributed by atoms with van der Waals surface area (Å²) in [4.78, 5) is 21.4. The molecule has 0 saturated heterocycles. The Hall–Kier alpha value is -0.443. The minimum Gasteiger partial charge on any atom is -0.297 e. The lowest BCUT2D eigenvalue weighted by Crippen LogP contribution is -2.37. The zero-order valence-corrected chi connectivity index (χ0v) is 7.32. The van der Waals surface area contributed by atoms with Crippen molar-refractivity contribution in [2.24, 2.45) is 0 Å². The van der Waals surface area contributed by atoms with E-state index in [0.717, 1.165) is 0 Å². The second-order valence-electron chi connectivity index (χ2n) is 3.14. The summed E-state index contributed by atoms with van der Waals surface area (Å²) >= 11 is 0. The molecule has 2 nitrogen and oxygen atoms in total. The Morgan fingerprint density at radius 3 is 1.44 bits per heavy atom. The SMILES string of the molecule is CC(=O)C(=O)[Si](C)(C)C. The van der Waals surface area contributed by atoms with Crippen LogP contribution in [0.2, 0.25) is 19.6 Å². The summed E-state index contributed by atoms with van der Waals surface area (Å²) in [5, 5.41) is -0.164. The fraction of sp³-hybridized carbons (Fsp3) is 0.667. The highest BCUT2D eigenvalue weighted by molar-refractivity contribution is 7.11. The molecule has 0 saturated carbocycles.